The van der Waals surface area contributed by atoms with Gasteiger partial charge >= 0.3 is 0 Å². The summed E-state index contributed by atoms with van der Waals surface area (Å²) in [5.41, 5.74) is 1.97. The first-order valence-electron chi connectivity index (χ1n) is 8.98. The fraction of sp³-hybridized carbons (Fsp3) is 0.143. The van der Waals surface area contributed by atoms with E-state index in [4.69, 9.17) is 16.6 Å². The number of fused-ring (bicyclic) bond motifs is 1. The van der Waals surface area contributed by atoms with Crippen molar-refractivity contribution < 1.29 is 8.42 Å². The van der Waals surface area contributed by atoms with Crippen LogP contribution < -0.4 is 0 Å². The summed E-state index contributed by atoms with van der Waals surface area (Å²) in [5.74, 6) is 0. The van der Waals surface area contributed by atoms with Crippen LogP contribution in [0.15, 0.2) is 76.7 Å². The Kier molecular flexibility index (Phi) is 4.00. The molecule has 2 heterocycles. The zero-order chi connectivity index (χ0) is 19.3. The van der Waals surface area contributed by atoms with Gasteiger partial charge in [0, 0.05) is 10.4 Å². The van der Waals surface area contributed by atoms with Crippen LogP contribution in [0.1, 0.15) is 18.9 Å². The van der Waals surface area contributed by atoms with Gasteiger partial charge in [0.05, 0.1) is 28.3 Å². The van der Waals surface area contributed by atoms with E-state index < -0.39 is 9.84 Å². The van der Waals surface area contributed by atoms with E-state index in [1.54, 1.807) is 16.8 Å². The average Bonchev–Trinajstić information content (AvgIpc) is 3.45. The maximum absolute atomic E-state index is 13.3. The molecule has 5 rings (SSSR count). The van der Waals surface area contributed by atoms with E-state index in [9.17, 15) is 8.42 Å². The van der Waals surface area contributed by atoms with E-state index in [2.05, 4.69) is 5.10 Å². The summed E-state index contributed by atoms with van der Waals surface area (Å²) < 4.78 is 28.5. The van der Waals surface area contributed by atoms with Crippen molar-refractivity contribution in [1.29, 1.82) is 0 Å². The average molecular weight is 410 g/mol. The van der Waals surface area contributed by atoms with Crippen molar-refractivity contribution in [3.05, 3.63) is 71.9 Å². The molecule has 2 aromatic carbocycles. The van der Waals surface area contributed by atoms with E-state index in [1.165, 1.54) is 18.3 Å². The number of hydrogen-bond acceptors (Lipinski definition) is 4. The molecule has 5 nitrogen and oxygen atoms in total. The minimum absolute atomic E-state index is 0.171. The molecular formula is C21H16ClN3O2S. The van der Waals surface area contributed by atoms with Gasteiger partial charge in [-0.25, -0.2) is 13.4 Å². The van der Waals surface area contributed by atoms with Gasteiger partial charge in [-0.15, -0.1) is 0 Å². The Hall–Kier alpha value is -2.70. The number of hydrogen-bond donors (Lipinski definition) is 0. The molecule has 1 saturated carbocycles. The monoisotopic (exact) mass is 409 g/mol. The van der Waals surface area contributed by atoms with Crippen LogP contribution in [0.3, 0.4) is 0 Å². The van der Waals surface area contributed by atoms with Crippen LogP contribution in [0.2, 0.25) is 5.02 Å². The highest BCUT2D eigenvalue weighted by Gasteiger charge is 2.33. The summed E-state index contributed by atoms with van der Waals surface area (Å²) >= 11 is 5.92. The third-order valence-corrected chi connectivity index (χ3v) is 6.93. The fourth-order valence-electron chi connectivity index (χ4n) is 3.32. The standard InChI is InChI=1S/C21H16ClN3O2S/c22-15-6-10-17(11-7-15)28(26,27)20-13-23-25(16-8-9-16)21(20)19-12-5-14-3-1-2-4-18(14)24-19/h1-7,10-13,16H,8-9H2. The number of rotatable bonds is 4. The van der Waals surface area contributed by atoms with Crippen molar-refractivity contribution >= 4 is 32.3 Å². The molecule has 1 fully saturated rings. The van der Waals surface area contributed by atoms with Gasteiger partial charge in [-0.05, 0) is 49.2 Å². The molecule has 0 atom stereocenters. The van der Waals surface area contributed by atoms with Crippen LogP contribution in [0, 0.1) is 0 Å². The second-order valence-electron chi connectivity index (χ2n) is 6.88. The first kappa shape index (κ1) is 17.4. The second kappa shape index (κ2) is 6.43. The summed E-state index contributed by atoms with van der Waals surface area (Å²) in [6.45, 7) is 0. The van der Waals surface area contributed by atoms with Crippen LogP contribution in [-0.2, 0) is 9.84 Å². The van der Waals surface area contributed by atoms with Gasteiger partial charge in [0.25, 0.3) is 0 Å². The third-order valence-electron chi connectivity index (χ3n) is 4.91. The number of halogens is 1. The highest BCUT2D eigenvalue weighted by atomic mass is 35.5. The molecule has 1 aliphatic carbocycles. The van der Waals surface area contributed by atoms with E-state index in [1.807, 2.05) is 36.4 Å². The highest BCUT2D eigenvalue weighted by molar-refractivity contribution is 7.91. The first-order valence-corrected chi connectivity index (χ1v) is 10.8. The molecule has 0 aliphatic heterocycles. The number of sulfone groups is 1. The molecule has 0 radical (unpaired) electrons. The molecule has 7 heteroatoms. The maximum Gasteiger partial charge on any atom is 0.210 e. The summed E-state index contributed by atoms with van der Waals surface area (Å²) in [7, 11) is -3.75. The molecule has 0 spiro atoms. The molecule has 140 valence electrons. The number of pyridine rings is 1. The van der Waals surface area contributed by atoms with E-state index in [0.717, 1.165) is 23.7 Å². The molecule has 0 N–H and O–H groups in total. The Bertz CT molecular complexity index is 1290. The van der Waals surface area contributed by atoms with Crippen LogP contribution in [0.5, 0.6) is 0 Å². The van der Waals surface area contributed by atoms with E-state index in [-0.39, 0.29) is 15.8 Å². The second-order valence-corrected chi connectivity index (χ2v) is 9.23. The molecule has 0 amide bonds. The lowest BCUT2D eigenvalue weighted by Gasteiger charge is -2.10. The molecule has 0 unspecified atom stereocenters. The Morgan fingerprint density at radius 1 is 0.964 bits per heavy atom. The summed E-state index contributed by atoms with van der Waals surface area (Å²) in [4.78, 5) is 5.08. The molecular weight excluding hydrogens is 394 g/mol. The topological polar surface area (TPSA) is 64.8 Å². The number of para-hydroxylation sites is 1. The van der Waals surface area contributed by atoms with Gasteiger partial charge < -0.3 is 0 Å². The Morgan fingerprint density at radius 2 is 1.71 bits per heavy atom. The third kappa shape index (κ3) is 2.89. The number of benzene rings is 2. The molecule has 0 bridgehead atoms. The van der Waals surface area contributed by atoms with Gasteiger partial charge in [-0.2, -0.15) is 5.10 Å². The van der Waals surface area contributed by atoms with Gasteiger partial charge in [0.1, 0.15) is 10.6 Å². The van der Waals surface area contributed by atoms with E-state index >= 15 is 0 Å². The van der Waals surface area contributed by atoms with Crippen LogP contribution in [-0.4, -0.2) is 23.2 Å². The quantitative estimate of drug-likeness (QED) is 0.480. The minimum Gasteiger partial charge on any atom is -0.259 e. The lowest BCUT2D eigenvalue weighted by Crippen LogP contribution is -2.06. The molecule has 2 aromatic heterocycles. The normalized spacial score (nSPS) is 14.5. The lowest BCUT2D eigenvalue weighted by molar-refractivity contribution is 0.596. The number of nitrogens with zero attached hydrogens (tertiary/aromatic N) is 3. The summed E-state index contributed by atoms with van der Waals surface area (Å²) in [6, 6.07) is 18.0. The summed E-state index contributed by atoms with van der Waals surface area (Å²) in [5, 5.41) is 5.91. The van der Waals surface area contributed by atoms with Gasteiger partial charge in [-0.1, -0.05) is 35.9 Å². The predicted molar refractivity (Wildman–Crippen MR) is 108 cm³/mol. The fourth-order valence-corrected chi connectivity index (χ4v) is 4.83. The molecule has 4 aromatic rings. The molecule has 0 saturated heterocycles. The maximum atomic E-state index is 13.3. The van der Waals surface area contributed by atoms with Crippen LogP contribution in [0.25, 0.3) is 22.3 Å². The molecule has 28 heavy (non-hydrogen) atoms. The number of aromatic nitrogens is 3. The van der Waals surface area contributed by atoms with Crippen molar-refractivity contribution in [2.24, 2.45) is 0 Å². The Balaban J connectivity index is 1.72. The van der Waals surface area contributed by atoms with Gasteiger partial charge in [-0.3, -0.25) is 4.68 Å². The van der Waals surface area contributed by atoms with Gasteiger partial charge in [0.15, 0.2) is 0 Å². The van der Waals surface area contributed by atoms with Crippen molar-refractivity contribution in [1.82, 2.24) is 14.8 Å². The van der Waals surface area contributed by atoms with Crippen molar-refractivity contribution in [3.63, 3.8) is 0 Å². The largest absolute Gasteiger partial charge is 0.259 e. The Labute approximate surface area is 167 Å². The van der Waals surface area contributed by atoms with Crippen molar-refractivity contribution in [2.45, 2.75) is 28.7 Å². The SMILES string of the molecule is O=S(=O)(c1ccc(Cl)cc1)c1cnn(C2CC2)c1-c1ccc2ccccc2n1. The highest BCUT2D eigenvalue weighted by Crippen LogP contribution is 2.41. The van der Waals surface area contributed by atoms with Gasteiger partial charge in [0.2, 0.25) is 9.84 Å². The summed E-state index contributed by atoms with van der Waals surface area (Å²) in [6.07, 6.45) is 3.42. The van der Waals surface area contributed by atoms with E-state index in [0.29, 0.717) is 16.4 Å². The minimum atomic E-state index is -3.75. The Morgan fingerprint density at radius 3 is 2.46 bits per heavy atom. The van der Waals surface area contributed by atoms with Crippen LogP contribution >= 0.6 is 11.6 Å². The zero-order valence-electron chi connectivity index (χ0n) is 14.8. The molecule has 1 aliphatic rings. The zero-order valence-corrected chi connectivity index (χ0v) is 16.4. The van der Waals surface area contributed by atoms with Crippen molar-refractivity contribution in [2.75, 3.05) is 0 Å². The smallest absolute Gasteiger partial charge is 0.210 e. The first-order chi connectivity index (χ1) is 13.5. The lowest BCUT2D eigenvalue weighted by atomic mass is 10.2. The predicted octanol–water partition coefficient (Wildman–Crippen LogP) is 4.92. The van der Waals surface area contributed by atoms with Crippen molar-refractivity contribution in [3.8, 4) is 11.4 Å². The van der Waals surface area contributed by atoms with Crippen LogP contribution in [0.4, 0.5) is 0 Å².